The molecule has 0 radical (unpaired) electrons. The molecule has 0 aliphatic carbocycles. The van der Waals surface area contributed by atoms with Crippen LogP contribution < -0.4 is 5.32 Å². The molecule has 3 aromatic carbocycles. The van der Waals surface area contributed by atoms with Crippen LogP contribution in [0.5, 0.6) is 0 Å². The number of amides is 1. The molecule has 5 rings (SSSR count). The Morgan fingerprint density at radius 1 is 0.914 bits per heavy atom. The first-order chi connectivity index (χ1) is 17.1. The lowest BCUT2D eigenvalue weighted by molar-refractivity contribution is -0.115. The monoisotopic (exact) mass is 500 g/mol. The summed E-state index contributed by atoms with van der Waals surface area (Å²) in [5.41, 5.74) is 5.27. The van der Waals surface area contributed by atoms with Crippen molar-refractivity contribution < 1.29 is 9.18 Å². The van der Waals surface area contributed by atoms with Crippen molar-refractivity contribution in [3.8, 4) is 33.8 Å². The average molecular weight is 501 g/mol. The number of nitrogens with zero attached hydrogens (tertiary/aromatic N) is 2. The van der Waals surface area contributed by atoms with Crippen LogP contribution in [-0.4, -0.2) is 26.1 Å². The van der Waals surface area contributed by atoms with Gasteiger partial charge in [-0.05, 0) is 31.2 Å². The van der Waals surface area contributed by atoms with Gasteiger partial charge in [0.05, 0.1) is 22.3 Å². The number of anilines is 1. The second kappa shape index (κ2) is 10.2. The molecule has 0 bridgehead atoms. The van der Waals surface area contributed by atoms with Crippen molar-refractivity contribution in [2.75, 3.05) is 5.32 Å². The first-order valence-corrected chi connectivity index (χ1v) is 12.7. The molecule has 0 saturated heterocycles. The lowest BCUT2D eigenvalue weighted by atomic mass is 10.1. The van der Waals surface area contributed by atoms with E-state index in [9.17, 15) is 9.18 Å². The summed E-state index contributed by atoms with van der Waals surface area (Å²) in [5.74, 6) is -0.471. The molecule has 0 fully saturated rings. The Morgan fingerprint density at radius 2 is 1.57 bits per heavy atom. The molecule has 0 aliphatic rings. The second-order valence-corrected chi connectivity index (χ2v) is 9.98. The zero-order chi connectivity index (χ0) is 24.2. The summed E-state index contributed by atoms with van der Waals surface area (Å²) >= 11 is 2.69. The van der Waals surface area contributed by atoms with Gasteiger partial charge in [-0.3, -0.25) is 4.79 Å². The zero-order valence-electron chi connectivity index (χ0n) is 18.7. The smallest absolute Gasteiger partial charge is 0.239 e. The van der Waals surface area contributed by atoms with E-state index in [1.807, 2.05) is 73.0 Å². The van der Waals surface area contributed by atoms with E-state index in [4.69, 9.17) is 4.98 Å². The van der Waals surface area contributed by atoms with Crippen LogP contribution in [0.15, 0.2) is 95.5 Å². The number of benzene rings is 3. The molecule has 8 heteroatoms. The molecule has 2 heterocycles. The summed E-state index contributed by atoms with van der Waals surface area (Å²) in [7, 11) is 0. The number of imidazole rings is 1. The van der Waals surface area contributed by atoms with E-state index in [2.05, 4.69) is 15.3 Å². The Hall–Kier alpha value is -3.75. The molecule has 35 heavy (non-hydrogen) atoms. The fourth-order valence-corrected chi connectivity index (χ4v) is 5.07. The highest BCUT2D eigenvalue weighted by atomic mass is 32.2. The molecule has 0 spiro atoms. The predicted octanol–water partition coefficient (Wildman–Crippen LogP) is 7.13. The Kier molecular flexibility index (Phi) is 6.74. The molecule has 1 atom stereocenters. The molecule has 1 unspecified atom stereocenters. The van der Waals surface area contributed by atoms with Gasteiger partial charge >= 0.3 is 0 Å². The lowest BCUT2D eigenvalue weighted by Gasteiger charge is -2.08. The molecular weight excluding hydrogens is 479 g/mol. The summed E-state index contributed by atoms with van der Waals surface area (Å²) in [6.07, 6.45) is 0. The standard InChI is InChI=1S/C27H21FN4OS2/c1-17(25(33)32-26-29-22(16-34-26)18-12-14-21(28)15-13-18)35-27-30-23(19-8-4-2-5-9-19)24(31-27)20-10-6-3-7-11-20/h2-17H,1H3,(H,30,31)(H,29,32,33). The largest absolute Gasteiger partial charge is 0.332 e. The molecule has 5 aromatic rings. The van der Waals surface area contributed by atoms with Gasteiger partial charge in [0.25, 0.3) is 0 Å². The van der Waals surface area contributed by atoms with E-state index in [1.165, 1.54) is 35.2 Å². The Morgan fingerprint density at radius 3 is 2.26 bits per heavy atom. The number of carbonyl (C=O) groups excluding carboxylic acids is 1. The van der Waals surface area contributed by atoms with E-state index in [-0.39, 0.29) is 11.7 Å². The molecule has 174 valence electrons. The Labute approximate surface area is 210 Å². The maximum Gasteiger partial charge on any atom is 0.239 e. The van der Waals surface area contributed by atoms with Crippen LogP contribution in [0.1, 0.15) is 6.92 Å². The highest BCUT2D eigenvalue weighted by Gasteiger charge is 2.21. The van der Waals surface area contributed by atoms with Crippen molar-refractivity contribution >= 4 is 34.1 Å². The highest BCUT2D eigenvalue weighted by Crippen LogP contribution is 2.34. The average Bonchev–Trinajstić information content (AvgIpc) is 3.53. The van der Waals surface area contributed by atoms with Crippen molar-refractivity contribution in [3.63, 3.8) is 0 Å². The molecule has 0 saturated carbocycles. The number of halogens is 1. The molecule has 2 N–H and O–H groups in total. The molecular formula is C27H21FN4OS2. The molecule has 0 aliphatic heterocycles. The fourth-order valence-electron chi connectivity index (χ4n) is 3.54. The SMILES string of the molecule is CC(Sc1nc(-c2ccccc2)c(-c2ccccc2)[nH]1)C(=O)Nc1nc(-c2ccc(F)cc2)cs1. The first-order valence-electron chi connectivity index (χ1n) is 11.0. The third-order valence-electron chi connectivity index (χ3n) is 5.32. The van der Waals surface area contributed by atoms with Gasteiger partial charge < -0.3 is 10.3 Å². The van der Waals surface area contributed by atoms with Crippen LogP contribution in [0.4, 0.5) is 9.52 Å². The van der Waals surface area contributed by atoms with Gasteiger partial charge in [0.1, 0.15) is 5.82 Å². The van der Waals surface area contributed by atoms with Crippen LogP contribution in [0.2, 0.25) is 0 Å². The number of aromatic amines is 1. The van der Waals surface area contributed by atoms with Crippen molar-refractivity contribution in [2.24, 2.45) is 0 Å². The van der Waals surface area contributed by atoms with Gasteiger partial charge in [0, 0.05) is 22.1 Å². The van der Waals surface area contributed by atoms with E-state index in [0.717, 1.165) is 28.1 Å². The number of aromatic nitrogens is 3. The van der Waals surface area contributed by atoms with Crippen molar-refractivity contribution in [2.45, 2.75) is 17.3 Å². The van der Waals surface area contributed by atoms with Crippen LogP contribution in [0.25, 0.3) is 33.8 Å². The lowest BCUT2D eigenvalue weighted by Crippen LogP contribution is -2.22. The summed E-state index contributed by atoms with van der Waals surface area (Å²) in [5, 5.41) is 5.47. The minimum atomic E-state index is -0.411. The van der Waals surface area contributed by atoms with Crippen LogP contribution in [0, 0.1) is 5.82 Å². The van der Waals surface area contributed by atoms with E-state index in [1.54, 1.807) is 12.1 Å². The predicted molar refractivity (Wildman–Crippen MR) is 141 cm³/mol. The number of carbonyl (C=O) groups is 1. The van der Waals surface area contributed by atoms with E-state index < -0.39 is 5.25 Å². The van der Waals surface area contributed by atoms with Crippen molar-refractivity contribution in [1.82, 2.24) is 15.0 Å². The zero-order valence-corrected chi connectivity index (χ0v) is 20.4. The first kappa shape index (κ1) is 23.0. The summed E-state index contributed by atoms with van der Waals surface area (Å²) in [4.78, 5) is 25.6. The van der Waals surface area contributed by atoms with Crippen LogP contribution >= 0.6 is 23.1 Å². The third-order valence-corrected chi connectivity index (χ3v) is 7.07. The number of thiazole rings is 1. The van der Waals surface area contributed by atoms with Gasteiger partial charge in [-0.15, -0.1) is 11.3 Å². The van der Waals surface area contributed by atoms with Crippen LogP contribution in [0.3, 0.4) is 0 Å². The number of H-pyrrole nitrogens is 1. The summed E-state index contributed by atoms with van der Waals surface area (Å²) in [6, 6.07) is 26.1. The number of thioether (sulfide) groups is 1. The summed E-state index contributed by atoms with van der Waals surface area (Å²) in [6.45, 7) is 1.83. The van der Waals surface area contributed by atoms with Gasteiger partial charge in [0.15, 0.2) is 10.3 Å². The number of hydrogen-bond acceptors (Lipinski definition) is 5. The Balaban J connectivity index is 1.32. The normalized spacial score (nSPS) is 11.8. The maximum absolute atomic E-state index is 13.2. The van der Waals surface area contributed by atoms with E-state index in [0.29, 0.717) is 16.0 Å². The molecule has 5 nitrogen and oxygen atoms in total. The molecule has 1 amide bonds. The quantitative estimate of drug-likeness (QED) is 0.233. The van der Waals surface area contributed by atoms with Gasteiger partial charge in [0.2, 0.25) is 5.91 Å². The minimum Gasteiger partial charge on any atom is -0.332 e. The highest BCUT2D eigenvalue weighted by molar-refractivity contribution is 8.00. The van der Waals surface area contributed by atoms with Crippen molar-refractivity contribution in [3.05, 3.63) is 96.1 Å². The third kappa shape index (κ3) is 5.34. The van der Waals surface area contributed by atoms with Gasteiger partial charge in [-0.1, -0.05) is 72.4 Å². The minimum absolute atomic E-state index is 0.172. The topological polar surface area (TPSA) is 70.7 Å². The number of rotatable bonds is 7. The van der Waals surface area contributed by atoms with E-state index >= 15 is 0 Å². The number of hydrogen-bond donors (Lipinski definition) is 2. The van der Waals surface area contributed by atoms with Gasteiger partial charge in [-0.25, -0.2) is 14.4 Å². The Bertz CT molecular complexity index is 1380. The van der Waals surface area contributed by atoms with Crippen LogP contribution in [-0.2, 0) is 4.79 Å². The van der Waals surface area contributed by atoms with Gasteiger partial charge in [-0.2, -0.15) is 0 Å². The molecule has 2 aromatic heterocycles. The second-order valence-electron chi connectivity index (χ2n) is 7.79. The fraction of sp³-hybridized carbons (Fsp3) is 0.0741. The number of nitrogens with one attached hydrogen (secondary N) is 2. The van der Waals surface area contributed by atoms with Crippen molar-refractivity contribution in [1.29, 1.82) is 0 Å². The summed E-state index contributed by atoms with van der Waals surface area (Å²) < 4.78 is 13.2. The maximum atomic E-state index is 13.2.